The van der Waals surface area contributed by atoms with Gasteiger partial charge in [-0.1, -0.05) is 12.0 Å². The van der Waals surface area contributed by atoms with E-state index in [1.165, 1.54) is 18.2 Å². The summed E-state index contributed by atoms with van der Waals surface area (Å²) in [4.78, 5) is 12.0. The van der Waals surface area contributed by atoms with E-state index in [9.17, 15) is 13.2 Å². The number of carbonyl (C=O) groups excluding carboxylic acids is 1. The number of sulfonamides is 1. The third-order valence-electron chi connectivity index (χ3n) is 2.26. The number of amides is 1. The fourth-order valence-corrected chi connectivity index (χ4v) is 2.42. The summed E-state index contributed by atoms with van der Waals surface area (Å²) in [7, 11) is -3.69. The molecule has 0 unspecified atom stereocenters. The summed E-state index contributed by atoms with van der Waals surface area (Å²) >= 11 is 0. The van der Waals surface area contributed by atoms with E-state index in [0.717, 1.165) is 0 Å². The fourth-order valence-electron chi connectivity index (χ4n) is 1.44. The van der Waals surface area contributed by atoms with Crippen molar-refractivity contribution in [1.29, 1.82) is 0 Å². The molecule has 0 aliphatic heterocycles. The topological polar surface area (TPSA) is 75.3 Å². The minimum atomic E-state index is -3.69. The molecule has 0 spiro atoms. The van der Waals surface area contributed by atoms with E-state index >= 15 is 0 Å². The molecule has 108 valence electrons. The quantitative estimate of drug-likeness (QED) is 0.817. The van der Waals surface area contributed by atoms with Crippen LogP contribution in [0.5, 0.6) is 0 Å². The van der Waals surface area contributed by atoms with Gasteiger partial charge in [-0.05, 0) is 39.0 Å². The molecular formula is C14H18N2O3S. The lowest BCUT2D eigenvalue weighted by Gasteiger charge is -2.20. The number of carbonyl (C=O) groups is 1. The molecule has 0 saturated heterocycles. The largest absolute Gasteiger partial charge is 0.347 e. The molecule has 0 aromatic heterocycles. The maximum absolute atomic E-state index is 12.0. The summed E-state index contributed by atoms with van der Waals surface area (Å²) in [6.07, 6.45) is 5.02. The van der Waals surface area contributed by atoms with Crippen LogP contribution in [-0.2, 0) is 10.0 Å². The molecule has 1 rings (SSSR count). The zero-order valence-corrected chi connectivity index (χ0v) is 12.5. The molecule has 0 bridgehead atoms. The predicted octanol–water partition coefficient (Wildman–Crippen LogP) is 1.13. The van der Waals surface area contributed by atoms with Crippen LogP contribution in [0, 0.1) is 12.3 Å². The Morgan fingerprint density at radius 1 is 1.35 bits per heavy atom. The van der Waals surface area contributed by atoms with Crippen LogP contribution < -0.4 is 10.0 Å². The van der Waals surface area contributed by atoms with Gasteiger partial charge in [0.05, 0.1) is 11.4 Å². The van der Waals surface area contributed by atoms with Gasteiger partial charge in [0.15, 0.2) is 0 Å². The second-order valence-corrected chi connectivity index (χ2v) is 7.03. The van der Waals surface area contributed by atoms with Gasteiger partial charge in [-0.15, -0.1) is 6.42 Å². The fraction of sp³-hybridized carbons (Fsp3) is 0.357. The SMILES string of the molecule is C#CCNS(=O)(=O)c1cccc(C(=O)NC(C)(C)C)c1. The van der Waals surface area contributed by atoms with Crippen LogP contribution >= 0.6 is 0 Å². The van der Waals surface area contributed by atoms with Gasteiger partial charge in [0.1, 0.15) is 0 Å². The van der Waals surface area contributed by atoms with Crippen LogP contribution in [0.2, 0.25) is 0 Å². The van der Waals surface area contributed by atoms with E-state index in [1.807, 2.05) is 20.8 Å². The molecule has 6 heteroatoms. The van der Waals surface area contributed by atoms with Crippen LogP contribution in [0.1, 0.15) is 31.1 Å². The molecule has 0 radical (unpaired) electrons. The molecule has 0 aliphatic rings. The van der Waals surface area contributed by atoms with Gasteiger partial charge in [-0.25, -0.2) is 8.42 Å². The second kappa shape index (κ2) is 6.07. The highest BCUT2D eigenvalue weighted by atomic mass is 32.2. The van der Waals surface area contributed by atoms with Gasteiger partial charge in [-0.2, -0.15) is 4.72 Å². The Morgan fingerprint density at radius 3 is 2.55 bits per heavy atom. The van der Waals surface area contributed by atoms with Crippen LogP contribution in [0.15, 0.2) is 29.2 Å². The lowest BCUT2D eigenvalue weighted by atomic mass is 10.1. The van der Waals surface area contributed by atoms with Gasteiger partial charge in [0.2, 0.25) is 10.0 Å². The molecule has 0 saturated carbocycles. The van der Waals surface area contributed by atoms with Gasteiger partial charge in [0.25, 0.3) is 5.91 Å². The van der Waals surface area contributed by atoms with Crippen molar-refractivity contribution in [2.24, 2.45) is 0 Å². The van der Waals surface area contributed by atoms with Crippen LogP contribution in [0.4, 0.5) is 0 Å². The van der Waals surface area contributed by atoms with E-state index in [-0.39, 0.29) is 22.9 Å². The van der Waals surface area contributed by atoms with Crippen molar-refractivity contribution in [2.75, 3.05) is 6.54 Å². The van der Waals surface area contributed by atoms with Crippen LogP contribution in [0.25, 0.3) is 0 Å². The summed E-state index contributed by atoms with van der Waals surface area (Å²) in [5.74, 6) is 1.87. The minimum absolute atomic E-state index is 0.00862. The van der Waals surface area contributed by atoms with Gasteiger partial charge in [-0.3, -0.25) is 4.79 Å². The highest BCUT2D eigenvalue weighted by Gasteiger charge is 2.18. The van der Waals surface area contributed by atoms with Crippen molar-refractivity contribution in [3.8, 4) is 12.3 Å². The standard InChI is InChI=1S/C14H18N2O3S/c1-5-9-15-20(18,19)12-8-6-7-11(10-12)13(17)16-14(2,3)4/h1,6-8,10,15H,9H2,2-4H3,(H,16,17). The van der Waals surface area contributed by atoms with Crippen LogP contribution in [-0.4, -0.2) is 26.4 Å². The van der Waals surface area contributed by atoms with Gasteiger partial charge >= 0.3 is 0 Å². The number of hydrogen-bond acceptors (Lipinski definition) is 3. The Kier molecular flexibility index (Phi) is 4.93. The van der Waals surface area contributed by atoms with Crippen molar-refractivity contribution in [1.82, 2.24) is 10.0 Å². The number of rotatable bonds is 4. The van der Waals surface area contributed by atoms with Crippen molar-refractivity contribution in [3.05, 3.63) is 29.8 Å². The van der Waals surface area contributed by atoms with E-state index in [1.54, 1.807) is 6.07 Å². The van der Waals surface area contributed by atoms with E-state index in [4.69, 9.17) is 6.42 Å². The monoisotopic (exact) mass is 294 g/mol. The zero-order chi connectivity index (χ0) is 15.4. The van der Waals surface area contributed by atoms with Crippen molar-refractivity contribution < 1.29 is 13.2 Å². The summed E-state index contributed by atoms with van der Waals surface area (Å²) in [6, 6.07) is 5.80. The van der Waals surface area contributed by atoms with Crippen molar-refractivity contribution in [3.63, 3.8) is 0 Å². The molecule has 5 nitrogen and oxygen atoms in total. The molecule has 0 atom stereocenters. The predicted molar refractivity (Wildman–Crippen MR) is 77.7 cm³/mol. The third-order valence-corrected chi connectivity index (χ3v) is 3.66. The maximum atomic E-state index is 12.0. The first-order valence-electron chi connectivity index (χ1n) is 6.01. The molecule has 20 heavy (non-hydrogen) atoms. The highest BCUT2D eigenvalue weighted by Crippen LogP contribution is 2.12. The molecule has 1 aromatic rings. The highest BCUT2D eigenvalue weighted by molar-refractivity contribution is 7.89. The van der Waals surface area contributed by atoms with E-state index in [0.29, 0.717) is 0 Å². The molecule has 1 aromatic carbocycles. The molecule has 0 fully saturated rings. The smallest absolute Gasteiger partial charge is 0.251 e. The summed E-state index contributed by atoms with van der Waals surface area (Å²) in [5.41, 5.74) is -0.114. The van der Waals surface area contributed by atoms with E-state index < -0.39 is 15.6 Å². The van der Waals surface area contributed by atoms with Gasteiger partial charge in [0, 0.05) is 11.1 Å². The van der Waals surface area contributed by atoms with Crippen molar-refractivity contribution >= 4 is 15.9 Å². The maximum Gasteiger partial charge on any atom is 0.251 e. The Bertz CT molecular complexity index is 637. The Hall–Kier alpha value is -1.84. The lowest BCUT2D eigenvalue weighted by molar-refractivity contribution is 0.0919. The summed E-state index contributed by atoms with van der Waals surface area (Å²) in [5, 5.41) is 2.77. The first-order chi connectivity index (χ1) is 9.15. The molecule has 0 heterocycles. The number of benzene rings is 1. The number of terminal acetylenes is 1. The second-order valence-electron chi connectivity index (χ2n) is 5.26. The third kappa shape index (κ3) is 4.68. The normalized spacial score (nSPS) is 11.7. The average Bonchev–Trinajstić information content (AvgIpc) is 2.34. The Morgan fingerprint density at radius 2 is 2.00 bits per heavy atom. The number of hydrogen-bond donors (Lipinski definition) is 2. The Balaban J connectivity index is 3.03. The minimum Gasteiger partial charge on any atom is -0.347 e. The van der Waals surface area contributed by atoms with Gasteiger partial charge < -0.3 is 5.32 Å². The van der Waals surface area contributed by atoms with E-state index in [2.05, 4.69) is 16.0 Å². The first kappa shape index (κ1) is 16.2. The molecular weight excluding hydrogens is 276 g/mol. The zero-order valence-electron chi connectivity index (χ0n) is 11.7. The summed E-state index contributed by atoms with van der Waals surface area (Å²) in [6.45, 7) is 5.45. The van der Waals surface area contributed by atoms with Crippen LogP contribution in [0.3, 0.4) is 0 Å². The number of nitrogens with one attached hydrogen (secondary N) is 2. The van der Waals surface area contributed by atoms with Crippen molar-refractivity contribution in [2.45, 2.75) is 31.2 Å². The average molecular weight is 294 g/mol. The summed E-state index contributed by atoms with van der Waals surface area (Å²) < 4.78 is 26.1. The lowest BCUT2D eigenvalue weighted by Crippen LogP contribution is -2.40. The molecule has 1 amide bonds. The first-order valence-corrected chi connectivity index (χ1v) is 7.50. The molecule has 0 aliphatic carbocycles. The molecule has 2 N–H and O–H groups in total. The Labute approximate surface area is 119 Å².